The van der Waals surface area contributed by atoms with E-state index in [1.54, 1.807) is 40.5 Å². The molecule has 224 valence electrons. The molecule has 3 aromatic rings. The smallest absolute Gasteiger partial charge is 0.410 e. The van der Waals surface area contributed by atoms with Gasteiger partial charge in [-0.2, -0.15) is 5.10 Å². The molecule has 5 rings (SSSR count). The van der Waals surface area contributed by atoms with Crippen molar-refractivity contribution in [2.75, 3.05) is 25.4 Å². The number of hydrogen-bond acceptors (Lipinski definition) is 6. The SMILES string of the molecule is Cc1cc(-n2nc3c(c2N)[C@H](C)N(C(=O)OCc2ccccc2)CC32CCCN(C(=O)OC(C)(C)C)C2)cc(C)c1F. The molecule has 1 unspecified atom stereocenters. The van der Waals surface area contributed by atoms with Gasteiger partial charge in [-0.25, -0.2) is 18.7 Å². The van der Waals surface area contributed by atoms with E-state index in [1.165, 1.54) is 0 Å². The maximum atomic E-state index is 14.5. The summed E-state index contributed by atoms with van der Waals surface area (Å²) in [5.74, 6) is 0.101. The minimum atomic E-state index is -0.702. The highest BCUT2D eigenvalue weighted by molar-refractivity contribution is 5.72. The molecule has 2 amide bonds. The van der Waals surface area contributed by atoms with Gasteiger partial charge in [0.05, 0.1) is 22.8 Å². The fraction of sp³-hybridized carbons (Fsp3) is 0.469. The van der Waals surface area contributed by atoms with Crippen LogP contribution in [0.3, 0.4) is 0 Å². The quantitative estimate of drug-likeness (QED) is 0.398. The Hall–Kier alpha value is -4.08. The molecule has 9 nitrogen and oxygen atoms in total. The minimum Gasteiger partial charge on any atom is -0.445 e. The number of nitrogen functional groups attached to an aromatic ring is 1. The largest absolute Gasteiger partial charge is 0.445 e. The van der Waals surface area contributed by atoms with Crippen molar-refractivity contribution in [1.82, 2.24) is 19.6 Å². The number of nitrogens with zero attached hydrogens (tertiary/aromatic N) is 4. The number of likely N-dealkylation sites (tertiary alicyclic amines) is 1. The van der Waals surface area contributed by atoms with Crippen LogP contribution in [0.2, 0.25) is 0 Å². The third kappa shape index (κ3) is 5.54. The van der Waals surface area contributed by atoms with Crippen molar-refractivity contribution in [3.8, 4) is 5.69 Å². The van der Waals surface area contributed by atoms with Gasteiger partial charge in [-0.05, 0) is 83.2 Å². The van der Waals surface area contributed by atoms with Crippen LogP contribution in [0.4, 0.5) is 19.8 Å². The molecular formula is C32H40FN5O4. The molecule has 0 aliphatic carbocycles. The van der Waals surface area contributed by atoms with Crippen LogP contribution in [0.25, 0.3) is 5.69 Å². The number of aromatic nitrogens is 2. The number of carbonyl (C=O) groups is 2. The first-order valence-electron chi connectivity index (χ1n) is 14.4. The topological polar surface area (TPSA) is 103 Å². The Labute approximate surface area is 246 Å². The molecule has 0 saturated carbocycles. The van der Waals surface area contributed by atoms with Gasteiger partial charge >= 0.3 is 12.2 Å². The first-order valence-corrected chi connectivity index (χ1v) is 14.4. The zero-order valence-corrected chi connectivity index (χ0v) is 25.2. The van der Waals surface area contributed by atoms with Crippen LogP contribution in [-0.2, 0) is 21.5 Å². The highest BCUT2D eigenvalue weighted by Crippen LogP contribution is 2.47. The number of halogens is 1. The van der Waals surface area contributed by atoms with Gasteiger partial charge in [-0.15, -0.1) is 0 Å². The summed E-state index contributed by atoms with van der Waals surface area (Å²) in [7, 11) is 0. The molecular weight excluding hydrogens is 537 g/mol. The van der Waals surface area contributed by atoms with E-state index in [-0.39, 0.29) is 12.4 Å². The van der Waals surface area contributed by atoms with E-state index in [4.69, 9.17) is 20.3 Å². The maximum Gasteiger partial charge on any atom is 0.410 e. The molecule has 42 heavy (non-hydrogen) atoms. The second-order valence-electron chi connectivity index (χ2n) is 12.6. The zero-order chi connectivity index (χ0) is 30.4. The fourth-order valence-corrected chi connectivity index (χ4v) is 6.14. The number of hydrogen-bond donors (Lipinski definition) is 1. The molecule has 2 aliphatic rings. The summed E-state index contributed by atoms with van der Waals surface area (Å²) in [4.78, 5) is 30.2. The molecule has 1 saturated heterocycles. The van der Waals surface area contributed by atoms with Crippen LogP contribution in [0.15, 0.2) is 42.5 Å². The molecule has 1 spiro atoms. The van der Waals surface area contributed by atoms with Crippen LogP contribution in [0.5, 0.6) is 0 Å². The lowest BCUT2D eigenvalue weighted by atomic mass is 9.71. The monoisotopic (exact) mass is 577 g/mol. The Kier molecular flexibility index (Phi) is 7.68. The lowest BCUT2D eigenvalue weighted by Gasteiger charge is -2.48. The van der Waals surface area contributed by atoms with Crippen molar-refractivity contribution in [3.05, 3.63) is 76.2 Å². The Bertz CT molecular complexity index is 1480. The van der Waals surface area contributed by atoms with Gasteiger partial charge in [0, 0.05) is 25.2 Å². The van der Waals surface area contributed by atoms with E-state index in [2.05, 4.69) is 0 Å². The molecule has 2 N–H and O–H groups in total. The summed E-state index contributed by atoms with van der Waals surface area (Å²) >= 11 is 0. The predicted molar refractivity (Wildman–Crippen MR) is 158 cm³/mol. The maximum absolute atomic E-state index is 14.5. The summed E-state index contributed by atoms with van der Waals surface area (Å²) in [5, 5.41) is 5.03. The van der Waals surface area contributed by atoms with Crippen molar-refractivity contribution >= 4 is 18.0 Å². The summed E-state index contributed by atoms with van der Waals surface area (Å²) in [6.07, 6.45) is 0.511. The Morgan fingerprint density at radius 2 is 1.76 bits per heavy atom. The van der Waals surface area contributed by atoms with Crippen molar-refractivity contribution in [3.63, 3.8) is 0 Å². The second kappa shape index (κ2) is 11.0. The average molecular weight is 578 g/mol. The van der Waals surface area contributed by atoms with Gasteiger partial charge < -0.3 is 25.0 Å². The van der Waals surface area contributed by atoms with Gasteiger partial charge in [0.1, 0.15) is 23.8 Å². The number of fused-ring (bicyclic) bond motifs is 2. The number of ether oxygens (including phenoxy) is 2. The first kappa shape index (κ1) is 29.4. The van der Waals surface area contributed by atoms with Crippen LogP contribution >= 0.6 is 0 Å². The number of aryl methyl sites for hydroxylation is 2. The summed E-state index contributed by atoms with van der Waals surface area (Å²) in [6, 6.07) is 12.5. The van der Waals surface area contributed by atoms with Crippen molar-refractivity contribution < 1.29 is 23.5 Å². The van der Waals surface area contributed by atoms with Crippen LogP contribution < -0.4 is 5.73 Å². The van der Waals surface area contributed by atoms with Gasteiger partial charge in [-0.1, -0.05) is 30.3 Å². The van der Waals surface area contributed by atoms with Gasteiger partial charge in [0.2, 0.25) is 0 Å². The number of amides is 2. The molecule has 0 radical (unpaired) electrons. The molecule has 10 heteroatoms. The van der Waals surface area contributed by atoms with E-state index < -0.39 is 29.2 Å². The summed E-state index contributed by atoms with van der Waals surface area (Å²) < 4.78 is 27.6. The second-order valence-corrected chi connectivity index (χ2v) is 12.6. The average Bonchev–Trinajstić information content (AvgIpc) is 3.30. The van der Waals surface area contributed by atoms with E-state index in [1.807, 2.05) is 58.0 Å². The highest BCUT2D eigenvalue weighted by Gasteiger charge is 2.51. The third-order valence-corrected chi connectivity index (χ3v) is 8.15. The number of nitrogens with two attached hydrogens (primary N) is 1. The van der Waals surface area contributed by atoms with Gasteiger partial charge in [-0.3, -0.25) is 0 Å². The number of rotatable bonds is 3. The molecule has 1 aromatic heterocycles. The lowest BCUT2D eigenvalue weighted by Crippen LogP contribution is -2.58. The molecule has 2 atom stereocenters. The van der Waals surface area contributed by atoms with E-state index >= 15 is 0 Å². The summed E-state index contributed by atoms with van der Waals surface area (Å²) in [5.41, 5.74) is 9.40. The lowest BCUT2D eigenvalue weighted by molar-refractivity contribution is 0.00445. The van der Waals surface area contributed by atoms with E-state index in [9.17, 15) is 14.0 Å². The normalized spacial score (nSPS) is 20.4. The fourth-order valence-electron chi connectivity index (χ4n) is 6.14. The van der Waals surface area contributed by atoms with E-state index in [0.717, 1.165) is 11.3 Å². The minimum absolute atomic E-state index is 0.135. The van der Waals surface area contributed by atoms with Crippen LogP contribution in [-0.4, -0.2) is 57.0 Å². The number of anilines is 1. The summed E-state index contributed by atoms with van der Waals surface area (Å²) in [6.45, 7) is 12.1. The molecule has 2 aliphatic heterocycles. The zero-order valence-electron chi connectivity index (χ0n) is 25.2. The Morgan fingerprint density at radius 1 is 1.10 bits per heavy atom. The Morgan fingerprint density at radius 3 is 2.40 bits per heavy atom. The Balaban J connectivity index is 1.56. The molecule has 0 bridgehead atoms. The van der Waals surface area contributed by atoms with E-state index in [0.29, 0.717) is 60.7 Å². The number of piperidine rings is 1. The van der Waals surface area contributed by atoms with Crippen LogP contribution in [0.1, 0.15) is 74.5 Å². The van der Waals surface area contributed by atoms with Gasteiger partial charge in [0.25, 0.3) is 0 Å². The van der Waals surface area contributed by atoms with Crippen LogP contribution in [0, 0.1) is 19.7 Å². The number of carbonyl (C=O) groups excluding carboxylic acids is 2. The first-order chi connectivity index (χ1) is 19.8. The van der Waals surface area contributed by atoms with Gasteiger partial charge in [0.15, 0.2) is 0 Å². The standard InChI is InChI=1S/C32H40FN5O4/c1-20-15-24(16-21(2)26(20)33)38-28(34)25-22(3)37(30(40)41-17-23-11-8-7-9-12-23)19-32(27(25)35-38)13-10-14-36(18-32)29(39)42-31(4,5)6/h7-9,11-12,15-16,22H,10,13-14,17-19,34H2,1-6H3/t22-,32?/m0/s1. The molecule has 3 heterocycles. The number of benzene rings is 2. The highest BCUT2D eigenvalue weighted by atomic mass is 19.1. The third-order valence-electron chi connectivity index (χ3n) is 8.15. The van der Waals surface area contributed by atoms with Crippen molar-refractivity contribution in [2.24, 2.45) is 0 Å². The van der Waals surface area contributed by atoms with Crippen molar-refractivity contribution in [1.29, 1.82) is 0 Å². The molecule has 2 aromatic carbocycles. The van der Waals surface area contributed by atoms with Crippen molar-refractivity contribution in [2.45, 2.75) is 78.0 Å². The molecule has 1 fully saturated rings. The predicted octanol–water partition coefficient (Wildman–Crippen LogP) is 6.19.